The summed E-state index contributed by atoms with van der Waals surface area (Å²) in [7, 11) is 1.63. The summed E-state index contributed by atoms with van der Waals surface area (Å²) in [6.45, 7) is 6.44. The van der Waals surface area contributed by atoms with Crippen LogP contribution in [-0.2, 0) is 14.3 Å². The molecule has 3 atom stereocenters. The van der Waals surface area contributed by atoms with Crippen molar-refractivity contribution in [1.29, 1.82) is 5.26 Å². The maximum atomic E-state index is 12.4. The Morgan fingerprint density at radius 1 is 1.46 bits per heavy atom. The van der Waals surface area contributed by atoms with Crippen LogP contribution in [0.25, 0.3) is 0 Å². The molecule has 2 rings (SSSR count). The number of rotatable bonds is 5. The highest BCUT2D eigenvalue weighted by molar-refractivity contribution is 5.76. The van der Waals surface area contributed by atoms with Gasteiger partial charge in [-0.25, -0.2) is 0 Å². The Labute approximate surface area is 143 Å². The molecule has 0 saturated carbocycles. The van der Waals surface area contributed by atoms with E-state index in [0.29, 0.717) is 6.61 Å². The zero-order valence-corrected chi connectivity index (χ0v) is 14.7. The van der Waals surface area contributed by atoms with E-state index in [1.807, 2.05) is 38.1 Å². The van der Waals surface area contributed by atoms with E-state index in [2.05, 4.69) is 6.07 Å². The number of esters is 1. The van der Waals surface area contributed by atoms with Gasteiger partial charge in [-0.3, -0.25) is 4.79 Å². The number of hydrogen-bond acceptors (Lipinski definition) is 5. The van der Waals surface area contributed by atoms with Crippen molar-refractivity contribution in [3.63, 3.8) is 0 Å². The van der Waals surface area contributed by atoms with Crippen molar-refractivity contribution in [2.24, 2.45) is 11.8 Å². The van der Waals surface area contributed by atoms with Crippen LogP contribution in [-0.4, -0.2) is 31.9 Å². The molecule has 0 radical (unpaired) electrons. The molecule has 1 aliphatic heterocycles. The Kier molecular flexibility index (Phi) is 5.84. The van der Waals surface area contributed by atoms with Crippen molar-refractivity contribution in [1.82, 2.24) is 0 Å². The number of carbonyl (C=O) groups excluding carboxylic acids is 1. The fourth-order valence-corrected chi connectivity index (χ4v) is 3.68. The minimum Gasteiger partial charge on any atom is -0.496 e. The highest BCUT2D eigenvalue weighted by atomic mass is 16.5. The second-order valence-electron chi connectivity index (χ2n) is 6.47. The number of hydrogen-bond donors (Lipinski definition) is 0. The first-order valence-corrected chi connectivity index (χ1v) is 8.29. The van der Waals surface area contributed by atoms with Gasteiger partial charge in [0.2, 0.25) is 0 Å². The Hall–Kier alpha value is -2.06. The predicted molar refractivity (Wildman–Crippen MR) is 89.6 cm³/mol. The summed E-state index contributed by atoms with van der Waals surface area (Å²) in [6, 6.07) is 9.91. The lowest BCUT2D eigenvalue weighted by atomic mass is 9.67. The second kappa shape index (κ2) is 7.67. The van der Waals surface area contributed by atoms with Crippen LogP contribution in [0.5, 0.6) is 5.75 Å². The quantitative estimate of drug-likeness (QED) is 0.774. The molecule has 0 amide bonds. The molecule has 5 nitrogen and oxygen atoms in total. The monoisotopic (exact) mass is 331 g/mol. The van der Waals surface area contributed by atoms with E-state index in [9.17, 15) is 10.1 Å². The molecule has 0 N–H and O–H groups in total. The van der Waals surface area contributed by atoms with Crippen LogP contribution in [0.15, 0.2) is 24.3 Å². The van der Waals surface area contributed by atoms with Crippen LogP contribution in [0.2, 0.25) is 0 Å². The fraction of sp³-hybridized carbons (Fsp3) is 0.579. The summed E-state index contributed by atoms with van der Waals surface area (Å²) in [5.74, 6) is -0.921. The normalized spacial score (nSPS) is 23.8. The third-order valence-electron chi connectivity index (χ3n) is 4.72. The smallest absolute Gasteiger partial charge is 0.323 e. The summed E-state index contributed by atoms with van der Waals surface area (Å²) < 4.78 is 16.5. The highest BCUT2D eigenvalue weighted by Gasteiger charge is 2.49. The topological polar surface area (TPSA) is 68.6 Å². The average molecular weight is 331 g/mol. The van der Waals surface area contributed by atoms with Gasteiger partial charge in [0.15, 0.2) is 0 Å². The molecule has 1 aliphatic rings. The average Bonchev–Trinajstić information content (AvgIpc) is 2.56. The molecular weight excluding hydrogens is 306 g/mol. The predicted octanol–water partition coefficient (Wildman–Crippen LogP) is 3.30. The van der Waals surface area contributed by atoms with Gasteiger partial charge in [0.1, 0.15) is 11.7 Å². The van der Waals surface area contributed by atoms with E-state index in [4.69, 9.17) is 14.2 Å². The third kappa shape index (κ3) is 3.54. The van der Waals surface area contributed by atoms with E-state index in [1.54, 1.807) is 14.0 Å². The molecule has 1 aromatic carbocycles. The van der Waals surface area contributed by atoms with E-state index in [-0.39, 0.29) is 18.4 Å². The number of para-hydroxylation sites is 1. The second-order valence-corrected chi connectivity index (χ2v) is 6.47. The Balaban J connectivity index is 2.48. The van der Waals surface area contributed by atoms with Gasteiger partial charge in [-0.15, -0.1) is 0 Å². The molecule has 3 unspecified atom stereocenters. The lowest BCUT2D eigenvalue weighted by molar-refractivity contribution is -0.160. The van der Waals surface area contributed by atoms with Gasteiger partial charge >= 0.3 is 5.97 Å². The Bertz CT molecular complexity index is 620. The van der Waals surface area contributed by atoms with Crippen LogP contribution < -0.4 is 4.74 Å². The first-order chi connectivity index (χ1) is 11.5. The molecule has 1 fully saturated rings. The van der Waals surface area contributed by atoms with Crippen LogP contribution >= 0.6 is 0 Å². The number of methoxy groups -OCH3 is 1. The van der Waals surface area contributed by atoms with Gasteiger partial charge in [0.05, 0.1) is 25.4 Å². The molecule has 0 aromatic heterocycles. The molecule has 5 heteroatoms. The largest absolute Gasteiger partial charge is 0.496 e. The van der Waals surface area contributed by atoms with Gasteiger partial charge in [-0.1, -0.05) is 18.2 Å². The van der Waals surface area contributed by atoms with Crippen molar-refractivity contribution >= 4 is 5.97 Å². The fourth-order valence-electron chi connectivity index (χ4n) is 3.68. The van der Waals surface area contributed by atoms with Gasteiger partial charge in [0.25, 0.3) is 0 Å². The number of carbonyl (C=O) groups is 1. The Morgan fingerprint density at radius 3 is 2.79 bits per heavy atom. The van der Waals surface area contributed by atoms with E-state index >= 15 is 0 Å². The van der Waals surface area contributed by atoms with Crippen LogP contribution in [0, 0.1) is 23.2 Å². The van der Waals surface area contributed by atoms with Crippen molar-refractivity contribution in [2.75, 3.05) is 20.3 Å². The number of ether oxygens (including phenoxy) is 3. The zero-order valence-electron chi connectivity index (χ0n) is 14.7. The van der Waals surface area contributed by atoms with Crippen LogP contribution in [0.3, 0.4) is 0 Å². The number of nitrogens with zero attached hydrogens (tertiary/aromatic N) is 1. The molecule has 0 bridgehead atoms. The summed E-state index contributed by atoms with van der Waals surface area (Å²) >= 11 is 0. The highest BCUT2D eigenvalue weighted by Crippen LogP contribution is 2.47. The first-order valence-electron chi connectivity index (χ1n) is 8.29. The van der Waals surface area contributed by atoms with Gasteiger partial charge < -0.3 is 14.2 Å². The Morgan fingerprint density at radius 2 is 2.17 bits per heavy atom. The minimum absolute atomic E-state index is 0.0149. The molecule has 24 heavy (non-hydrogen) atoms. The van der Waals surface area contributed by atoms with Crippen LogP contribution in [0.4, 0.5) is 0 Å². The van der Waals surface area contributed by atoms with E-state index < -0.39 is 17.5 Å². The summed E-state index contributed by atoms with van der Waals surface area (Å²) in [5.41, 5.74) is 0.391. The van der Waals surface area contributed by atoms with Crippen LogP contribution in [0.1, 0.15) is 38.7 Å². The molecule has 0 aliphatic carbocycles. The molecule has 1 aromatic rings. The standard InChI is InChI=1S/C19H25NO4/c1-5-23-18(21)15(12-20)17-14(10-11-24-19(17,2)3)13-8-6-7-9-16(13)22-4/h6-9,14-15,17H,5,10-11H2,1-4H3. The lowest BCUT2D eigenvalue weighted by Crippen LogP contribution is -2.49. The van der Waals surface area contributed by atoms with Gasteiger partial charge in [-0.2, -0.15) is 5.26 Å². The minimum atomic E-state index is -0.879. The number of benzene rings is 1. The first kappa shape index (κ1) is 18.3. The van der Waals surface area contributed by atoms with Crippen molar-refractivity contribution < 1.29 is 19.0 Å². The summed E-state index contributed by atoms with van der Waals surface area (Å²) in [4.78, 5) is 12.4. The maximum Gasteiger partial charge on any atom is 0.323 e. The molecular formula is C19H25NO4. The van der Waals surface area contributed by atoms with Gasteiger partial charge in [0, 0.05) is 12.5 Å². The summed E-state index contributed by atoms with van der Waals surface area (Å²) in [6.07, 6.45) is 0.728. The number of nitriles is 1. The third-order valence-corrected chi connectivity index (χ3v) is 4.72. The molecule has 0 spiro atoms. The van der Waals surface area contributed by atoms with Crippen molar-refractivity contribution in [2.45, 2.75) is 38.7 Å². The van der Waals surface area contributed by atoms with Crippen molar-refractivity contribution in [3.05, 3.63) is 29.8 Å². The van der Waals surface area contributed by atoms with E-state index in [1.165, 1.54) is 0 Å². The lowest BCUT2D eigenvalue weighted by Gasteiger charge is -2.45. The van der Waals surface area contributed by atoms with E-state index in [0.717, 1.165) is 17.7 Å². The zero-order chi connectivity index (χ0) is 17.7. The molecule has 1 saturated heterocycles. The van der Waals surface area contributed by atoms with Crippen molar-refractivity contribution in [3.8, 4) is 11.8 Å². The maximum absolute atomic E-state index is 12.4. The molecule has 130 valence electrons. The molecule has 1 heterocycles. The SMILES string of the molecule is CCOC(=O)C(C#N)C1C(c2ccccc2OC)CCOC1(C)C. The summed E-state index contributed by atoms with van der Waals surface area (Å²) in [5, 5.41) is 9.66. The van der Waals surface area contributed by atoms with Gasteiger partial charge in [-0.05, 0) is 44.7 Å².